The fraction of sp³-hybridized carbons (Fsp3) is 1.00. The van der Waals surface area contributed by atoms with Crippen molar-refractivity contribution in [2.75, 3.05) is 19.7 Å². The van der Waals surface area contributed by atoms with Crippen molar-refractivity contribution in [2.45, 2.75) is 69.6 Å². The average molecular weight is 264 g/mol. The Balaban J connectivity index is 1.37. The molecular formula is C16H28N2O. The van der Waals surface area contributed by atoms with Crippen LogP contribution < -0.4 is 5.73 Å². The smallest absolute Gasteiger partial charge is 0.0788 e. The molecule has 4 fully saturated rings. The van der Waals surface area contributed by atoms with Crippen LogP contribution in [0.3, 0.4) is 0 Å². The molecule has 19 heavy (non-hydrogen) atoms. The van der Waals surface area contributed by atoms with Crippen molar-refractivity contribution in [3.63, 3.8) is 0 Å². The van der Waals surface area contributed by atoms with E-state index in [1.165, 1.54) is 64.5 Å². The van der Waals surface area contributed by atoms with E-state index in [1.54, 1.807) is 0 Å². The highest BCUT2D eigenvalue weighted by molar-refractivity contribution is 5.12. The number of hydrogen-bond acceptors (Lipinski definition) is 3. The van der Waals surface area contributed by atoms with Gasteiger partial charge in [-0.15, -0.1) is 0 Å². The zero-order valence-corrected chi connectivity index (χ0v) is 12.0. The van der Waals surface area contributed by atoms with E-state index < -0.39 is 0 Å². The number of hydrogen-bond donors (Lipinski definition) is 1. The summed E-state index contributed by atoms with van der Waals surface area (Å²) in [5, 5.41) is 0. The molecule has 1 spiro atoms. The van der Waals surface area contributed by atoms with Crippen molar-refractivity contribution in [3.05, 3.63) is 0 Å². The summed E-state index contributed by atoms with van der Waals surface area (Å²) in [6.07, 6.45) is 11.7. The van der Waals surface area contributed by atoms with Crippen LogP contribution >= 0.6 is 0 Å². The molecule has 4 unspecified atom stereocenters. The van der Waals surface area contributed by atoms with Crippen LogP contribution in [0.5, 0.6) is 0 Å². The first-order chi connectivity index (χ1) is 9.29. The van der Waals surface area contributed by atoms with E-state index in [0.29, 0.717) is 29.5 Å². The first-order valence-electron chi connectivity index (χ1n) is 8.40. The summed E-state index contributed by atoms with van der Waals surface area (Å²) in [7, 11) is 0. The maximum atomic E-state index is 6.41. The lowest BCUT2D eigenvalue weighted by molar-refractivity contribution is -0.190. The van der Waals surface area contributed by atoms with Crippen molar-refractivity contribution in [2.24, 2.45) is 17.1 Å². The number of fused-ring (bicyclic) bond motifs is 1. The van der Waals surface area contributed by atoms with Gasteiger partial charge in [-0.1, -0.05) is 25.7 Å². The molecule has 0 aromatic rings. The Morgan fingerprint density at radius 3 is 2.47 bits per heavy atom. The minimum atomic E-state index is 0.383. The lowest BCUT2D eigenvalue weighted by Gasteiger charge is -2.63. The maximum Gasteiger partial charge on any atom is 0.0788 e. The Bertz CT molecular complexity index is 330. The van der Waals surface area contributed by atoms with Gasteiger partial charge in [-0.2, -0.15) is 0 Å². The molecule has 0 aromatic carbocycles. The summed E-state index contributed by atoms with van der Waals surface area (Å²) >= 11 is 0. The molecule has 4 rings (SSSR count). The molecule has 2 N–H and O–H groups in total. The van der Waals surface area contributed by atoms with Crippen molar-refractivity contribution < 1.29 is 4.74 Å². The van der Waals surface area contributed by atoms with E-state index in [4.69, 9.17) is 10.5 Å². The molecule has 0 bridgehead atoms. The Hall–Kier alpha value is -0.120. The molecule has 4 atom stereocenters. The predicted octanol–water partition coefficient (Wildman–Crippen LogP) is 2.15. The highest BCUT2D eigenvalue weighted by Gasteiger charge is 2.57. The zero-order chi connectivity index (χ0) is 12.9. The molecule has 0 radical (unpaired) electrons. The molecule has 2 saturated carbocycles. The van der Waals surface area contributed by atoms with Gasteiger partial charge in [0.05, 0.1) is 12.1 Å². The van der Waals surface area contributed by atoms with Crippen molar-refractivity contribution in [3.8, 4) is 0 Å². The van der Waals surface area contributed by atoms with E-state index in [2.05, 4.69) is 4.90 Å². The highest BCUT2D eigenvalue weighted by atomic mass is 16.5. The fourth-order valence-corrected chi connectivity index (χ4v) is 5.19. The molecule has 108 valence electrons. The van der Waals surface area contributed by atoms with Gasteiger partial charge in [0.2, 0.25) is 0 Å². The van der Waals surface area contributed by atoms with Crippen LogP contribution in [-0.2, 0) is 4.74 Å². The second-order valence-electron chi connectivity index (χ2n) is 7.53. The Labute approximate surface area is 116 Å². The lowest BCUT2D eigenvalue weighted by Crippen LogP contribution is -2.76. The van der Waals surface area contributed by atoms with Gasteiger partial charge in [-0.05, 0) is 31.1 Å². The number of rotatable bonds is 1. The SMILES string of the molecule is NC1C2CCCOC2C1N1CC2(CCCCCC2)C1. The van der Waals surface area contributed by atoms with Gasteiger partial charge in [0, 0.05) is 31.7 Å². The third-order valence-corrected chi connectivity index (χ3v) is 6.30. The van der Waals surface area contributed by atoms with Crippen molar-refractivity contribution in [1.82, 2.24) is 4.90 Å². The summed E-state index contributed by atoms with van der Waals surface area (Å²) in [4.78, 5) is 2.66. The van der Waals surface area contributed by atoms with Crippen LogP contribution in [0, 0.1) is 11.3 Å². The lowest BCUT2D eigenvalue weighted by atomic mass is 9.64. The topological polar surface area (TPSA) is 38.5 Å². The number of nitrogens with zero attached hydrogens (tertiary/aromatic N) is 1. The van der Waals surface area contributed by atoms with Gasteiger partial charge in [0.15, 0.2) is 0 Å². The van der Waals surface area contributed by atoms with E-state index in [0.717, 1.165) is 6.61 Å². The average Bonchev–Trinajstić information content (AvgIpc) is 2.64. The summed E-state index contributed by atoms with van der Waals surface area (Å²) in [5.74, 6) is 0.657. The molecule has 4 aliphatic rings. The standard InChI is InChI=1S/C16H28N2O/c17-13-12-6-5-9-19-15(12)14(13)18-10-16(11-18)7-3-1-2-4-8-16/h12-15H,1-11,17H2. The molecule has 0 amide bonds. The molecule has 2 heterocycles. The molecule has 2 aliphatic carbocycles. The number of ether oxygens (including phenoxy) is 1. The van der Waals surface area contributed by atoms with Crippen LogP contribution in [0.1, 0.15) is 51.4 Å². The zero-order valence-electron chi connectivity index (χ0n) is 12.0. The first kappa shape index (κ1) is 12.6. The third kappa shape index (κ3) is 1.97. The Kier molecular flexibility index (Phi) is 3.13. The quantitative estimate of drug-likeness (QED) is 0.788. The Morgan fingerprint density at radius 2 is 1.74 bits per heavy atom. The minimum Gasteiger partial charge on any atom is -0.376 e. The summed E-state index contributed by atoms with van der Waals surface area (Å²) < 4.78 is 6.00. The van der Waals surface area contributed by atoms with Crippen LogP contribution in [0.2, 0.25) is 0 Å². The molecule has 3 nitrogen and oxygen atoms in total. The van der Waals surface area contributed by atoms with Crippen LogP contribution in [0.25, 0.3) is 0 Å². The molecule has 2 saturated heterocycles. The van der Waals surface area contributed by atoms with E-state index in [9.17, 15) is 0 Å². The normalized spacial score (nSPS) is 45.9. The molecular weight excluding hydrogens is 236 g/mol. The summed E-state index contributed by atoms with van der Waals surface area (Å²) in [6.45, 7) is 3.57. The highest BCUT2D eigenvalue weighted by Crippen LogP contribution is 2.48. The number of likely N-dealkylation sites (tertiary alicyclic amines) is 1. The van der Waals surface area contributed by atoms with E-state index in [-0.39, 0.29) is 0 Å². The second kappa shape index (κ2) is 4.71. The molecule has 3 heteroatoms. The van der Waals surface area contributed by atoms with Gasteiger partial charge < -0.3 is 10.5 Å². The van der Waals surface area contributed by atoms with Gasteiger partial charge in [0.1, 0.15) is 0 Å². The second-order valence-corrected chi connectivity index (χ2v) is 7.53. The largest absolute Gasteiger partial charge is 0.376 e. The van der Waals surface area contributed by atoms with E-state index >= 15 is 0 Å². The van der Waals surface area contributed by atoms with Crippen LogP contribution in [-0.4, -0.2) is 42.8 Å². The Morgan fingerprint density at radius 1 is 1.00 bits per heavy atom. The molecule has 2 aliphatic heterocycles. The predicted molar refractivity (Wildman–Crippen MR) is 75.9 cm³/mol. The fourth-order valence-electron chi connectivity index (χ4n) is 5.19. The van der Waals surface area contributed by atoms with Crippen molar-refractivity contribution in [1.29, 1.82) is 0 Å². The minimum absolute atomic E-state index is 0.383. The maximum absolute atomic E-state index is 6.41. The number of nitrogens with two attached hydrogens (primary N) is 1. The van der Waals surface area contributed by atoms with E-state index in [1.807, 2.05) is 0 Å². The summed E-state index contributed by atoms with van der Waals surface area (Å²) in [6, 6.07) is 0.924. The van der Waals surface area contributed by atoms with Crippen LogP contribution in [0.4, 0.5) is 0 Å². The van der Waals surface area contributed by atoms with Gasteiger partial charge in [-0.25, -0.2) is 0 Å². The van der Waals surface area contributed by atoms with Gasteiger partial charge in [-0.3, -0.25) is 4.90 Å². The molecule has 0 aromatic heterocycles. The van der Waals surface area contributed by atoms with Gasteiger partial charge in [0.25, 0.3) is 0 Å². The summed E-state index contributed by atoms with van der Waals surface area (Å²) in [5.41, 5.74) is 7.08. The van der Waals surface area contributed by atoms with Gasteiger partial charge >= 0.3 is 0 Å². The third-order valence-electron chi connectivity index (χ3n) is 6.30. The van der Waals surface area contributed by atoms with Crippen molar-refractivity contribution >= 4 is 0 Å². The van der Waals surface area contributed by atoms with Crippen LogP contribution in [0.15, 0.2) is 0 Å². The monoisotopic (exact) mass is 264 g/mol. The first-order valence-corrected chi connectivity index (χ1v) is 8.40.